The van der Waals surface area contributed by atoms with Gasteiger partial charge in [0.2, 0.25) is 10.0 Å². The molecule has 2 rings (SSSR count). The smallest absolute Gasteiger partial charge is 0.258 e. The molecular weight excluding hydrogens is 387 g/mol. The Bertz CT molecular complexity index is 791. The van der Waals surface area contributed by atoms with E-state index in [-0.39, 0.29) is 6.54 Å². The molecular formula is C11H8BrFN2O4S2. The zero-order valence-corrected chi connectivity index (χ0v) is 13.5. The monoisotopic (exact) mass is 394 g/mol. The second-order valence-electron chi connectivity index (χ2n) is 3.90. The lowest BCUT2D eigenvalue weighted by atomic mass is 10.3. The summed E-state index contributed by atoms with van der Waals surface area (Å²) in [7, 11) is -4.17. The number of hydrogen-bond acceptors (Lipinski definition) is 5. The molecule has 0 bridgehead atoms. The van der Waals surface area contributed by atoms with E-state index in [1.54, 1.807) is 12.1 Å². The second-order valence-corrected chi connectivity index (χ2v) is 8.19. The molecule has 0 aliphatic rings. The molecule has 1 aromatic carbocycles. The third-order valence-corrected chi connectivity index (χ3v) is 5.52. The first-order valence-corrected chi connectivity index (χ1v) is 8.57. The van der Waals surface area contributed by atoms with Crippen LogP contribution in [-0.2, 0) is 16.6 Å². The highest BCUT2D eigenvalue weighted by Gasteiger charge is 2.22. The van der Waals surface area contributed by atoms with Crippen LogP contribution in [0.4, 0.5) is 10.1 Å². The van der Waals surface area contributed by atoms with Crippen molar-refractivity contribution < 1.29 is 17.7 Å². The molecule has 1 N–H and O–H groups in total. The van der Waals surface area contributed by atoms with Crippen molar-refractivity contribution in [3.63, 3.8) is 0 Å². The minimum atomic E-state index is -4.17. The number of thiophene rings is 1. The van der Waals surface area contributed by atoms with Gasteiger partial charge in [-0.25, -0.2) is 17.5 Å². The summed E-state index contributed by atoms with van der Waals surface area (Å²) in [6, 6.07) is 5.82. The summed E-state index contributed by atoms with van der Waals surface area (Å²) in [6.45, 7) is -0.0271. The lowest BCUT2D eigenvalue weighted by Gasteiger charge is -2.06. The van der Waals surface area contributed by atoms with Crippen LogP contribution in [0, 0.1) is 15.9 Å². The topological polar surface area (TPSA) is 89.3 Å². The highest BCUT2D eigenvalue weighted by molar-refractivity contribution is 9.11. The van der Waals surface area contributed by atoms with Crippen LogP contribution < -0.4 is 4.72 Å². The van der Waals surface area contributed by atoms with Crippen molar-refractivity contribution in [2.45, 2.75) is 11.4 Å². The van der Waals surface area contributed by atoms with Crippen LogP contribution in [0.3, 0.4) is 0 Å². The Balaban J connectivity index is 2.26. The molecule has 0 spiro atoms. The third-order valence-electron chi connectivity index (χ3n) is 2.48. The summed E-state index contributed by atoms with van der Waals surface area (Å²) in [4.78, 5) is 9.83. The van der Waals surface area contributed by atoms with E-state index in [4.69, 9.17) is 0 Å². The zero-order valence-electron chi connectivity index (χ0n) is 10.2. The third kappa shape index (κ3) is 3.84. The van der Waals surface area contributed by atoms with E-state index < -0.39 is 31.3 Å². The van der Waals surface area contributed by atoms with Crippen molar-refractivity contribution in [1.29, 1.82) is 0 Å². The number of non-ortho nitro benzene ring substituents is 1. The van der Waals surface area contributed by atoms with Crippen molar-refractivity contribution in [2.24, 2.45) is 0 Å². The quantitative estimate of drug-likeness (QED) is 0.623. The molecule has 1 heterocycles. The van der Waals surface area contributed by atoms with E-state index in [1.807, 2.05) is 0 Å². The Morgan fingerprint density at radius 2 is 2.05 bits per heavy atom. The van der Waals surface area contributed by atoms with Crippen LogP contribution in [0.15, 0.2) is 39.0 Å². The van der Waals surface area contributed by atoms with Crippen molar-refractivity contribution in [3.05, 3.63) is 54.9 Å². The summed E-state index contributed by atoms with van der Waals surface area (Å²) in [5.41, 5.74) is -0.490. The van der Waals surface area contributed by atoms with Gasteiger partial charge in [-0.05, 0) is 34.1 Å². The minimum Gasteiger partial charge on any atom is -0.258 e. The minimum absolute atomic E-state index is 0.0271. The number of hydrogen-bond donors (Lipinski definition) is 1. The molecule has 112 valence electrons. The zero-order chi connectivity index (χ0) is 15.6. The molecule has 10 heteroatoms. The lowest BCUT2D eigenvalue weighted by Crippen LogP contribution is -2.23. The number of nitro groups is 1. The summed E-state index contributed by atoms with van der Waals surface area (Å²) in [6.07, 6.45) is 0. The Kier molecular flexibility index (Phi) is 4.71. The molecule has 0 radical (unpaired) electrons. The standard InChI is InChI=1S/C11H8BrFN2O4S2/c12-11-4-2-8(20-11)6-14-21(18,19)10-5-7(15(16)17)1-3-9(10)13/h1-5,14H,6H2. The van der Waals surface area contributed by atoms with Gasteiger partial charge in [-0.15, -0.1) is 11.3 Å². The van der Waals surface area contributed by atoms with Crippen LogP contribution >= 0.6 is 27.3 Å². The van der Waals surface area contributed by atoms with E-state index >= 15 is 0 Å². The van der Waals surface area contributed by atoms with Crippen molar-refractivity contribution >= 4 is 43.0 Å². The number of nitro benzene ring substituents is 1. The highest BCUT2D eigenvalue weighted by atomic mass is 79.9. The average molecular weight is 395 g/mol. The Morgan fingerprint density at radius 1 is 1.33 bits per heavy atom. The predicted molar refractivity (Wildman–Crippen MR) is 79.1 cm³/mol. The van der Waals surface area contributed by atoms with Gasteiger partial charge in [-0.2, -0.15) is 0 Å². The van der Waals surface area contributed by atoms with Gasteiger partial charge in [0.1, 0.15) is 10.7 Å². The second kappa shape index (κ2) is 6.18. The van der Waals surface area contributed by atoms with E-state index in [2.05, 4.69) is 20.7 Å². The summed E-state index contributed by atoms with van der Waals surface area (Å²) in [5, 5.41) is 10.6. The van der Waals surface area contributed by atoms with Gasteiger partial charge >= 0.3 is 0 Å². The average Bonchev–Trinajstić information content (AvgIpc) is 2.82. The molecule has 0 fully saturated rings. The van der Waals surface area contributed by atoms with Crippen LogP contribution in [0.2, 0.25) is 0 Å². The van der Waals surface area contributed by atoms with Gasteiger partial charge < -0.3 is 0 Å². The maximum absolute atomic E-state index is 13.6. The molecule has 6 nitrogen and oxygen atoms in total. The number of nitrogens with one attached hydrogen (secondary N) is 1. The summed E-state index contributed by atoms with van der Waals surface area (Å²) >= 11 is 4.56. The van der Waals surface area contributed by atoms with E-state index in [0.717, 1.165) is 20.8 Å². The molecule has 2 aromatic rings. The van der Waals surface area contributed by atoms with Crippen molar-refractivity contribution in [3.8, 4) is 0 Å². The molecule has 0 unspecified atom stereocenters. The van der Waals surface area contributed by atoms with Crippen LogP contribution in [-0.4, -0.2) is 13.3 Å². The highest BCUT2D eigenvalue weighted by Crippen LogP contribution is 2.24. The first-order valence-electron chi connectivity index (χ1n) is 5.47. The van der Waals surface area contributed by atoms with Gasteiger partial charge in [-0.3, -0.25) is 10.1 Å². The lowest BCUT2D eigenvalue weighted by molar-refractivity contribution is -0.385. The van der Waals surface area contributed by atoms with Gasteiger partial charge in [0.05, 0.1) is 8.71 Å². The number of benzene rings is 1. The van der Waals surface area contributed by atoms with Gasteiger partial charge in [0, 0.05) is 23.6 Å². The van der Waals surface area contributed by atoms with Crippen molar-refractivity contribution in [2.75, 3.05) is 0 Å². The molecule has 21 heavy (non-hydrogen) atoms. The Labute approximate surface area is 131 Å². The number of nitrogens with zero attached hydrogens (tertiary/aromatic N) is 1. The first-order chi connectivity index (χ1) is 9.79. The van der Waals surface area contributed by atoms with E-state index in [1.165, 1.54) is 11.3 Å². The SMILES string of the molecule is O=[N+]([O-])c1ccc(F)c(S(=O)(=O)NCc2ccc(Br)s2)c1. The largest absolute Gasteiger partial charge is 0.270 e. The van der Waals surface area contributed by atoms with Gasteiger partial charge in [0.25, 0.3) is 5.69 Å². The Morgan fingerprint density at radius 3 is 2.62 bits per heavy atom. The number of halogens is 2. The fourth-order valence-corrected chi connectivity index (χ4v) is 4.12. The van der Waals surface area contributed by atoms with Crippen LogP contribution in [0.25, 0.3) is 0 Å². The molecule has 0 amide bonds. The molecule has 0 atom stereocenters. The fourth-order valence-electron chi connectivity index (χ4n) is 1.50. The maximum atomic E-state index is 13.6. The molecule has 0 aliphatic carbocycles. The summed E-state index contributed by atoms with van der Waals surface area (Å²) < 4.78 is 40.7. The van der Waals surface area contributed by atoms with Crippen molar-refractivity contribution in [1.82, 2.24) is 4.72 Å². The van der Waals surface area contributed by atoms with Gasteiger partial charge in [0.15, 0.2) is 0 Å². The normalized spacial score (nSPS) is 11.5. The van der Waals surface area contributed by atoms with Crippen LogP contribution in [0.5, 0.6) is 0 Å². The maximum Gasteiger partial charge on any atom is 0.270 e. The molecule has 0 aliphatic heterocycles. The van der Waals surface area contributed by atoms with Crippen LogP contribution in [0.1, 0.15) is 4.88 Å². The number of sulfonamides is 1. The number of rotatable bonds is 5. The molecule has 0 saturated carbocycles. The van der Waals surface area contributed by atoms with E-state index in [9.17, 15) is 22.9 Å². The molecule has 0 saturated heterocycles. The predicted octanol–water partition coefficient (Wildman–Crippen LogP) is 3.04. The first kappa shape index (κ1) is 16.0. The molecule has 1 aromatic heterocycles. The fraction of sp³-hybridized carbons (Fsp3) is 0.0909. The van der Waals surface area contributed by atoms with E-state index in [0.29, 0.717) is 6.07 Å². The Hall–Kier alpha value is -1.36. The summed E-state index contributed by atoms with van der Waals surface area (Å²) in [5.74, 6) is -1.04. The van der Waals surface area contributed by atoms with Gasteiger partial charge in [-0.1, -0.05) is 0 Å².